The first-order valence-corrected chi connectivity index (χ1v) is 12.1. The van der Waals surface area contributed by atoms with E-state index in [9.17, 15) is 19.4 Å². The van der Waals surface area contributed by atoms with Crippen molar-refractivity contribution >= 4 is 34.2 Å². The molecule has 1 aliphatic heterocycles. The van der Waals surface area contributed by atoms with E-state index in [2.05, 4.69) is 20.9 Å². The molecule has 0 atom stereocenters. The third-order valence-corrected chi connectivity index (χ3v) is 6.55. The van der Waals surface area contributed by atoms with Crippen molar-refractivity contribution < 1.29 is 24.1 Å². The van der Waals surface area contributed by atoms with Crippen LogP contribution in [0.5, 0.6) is 5.88 Å². The zero-order chi connectivity index (χ0) is 25.9. The number of fused-ring (bicyclic) bond motifs is 1. The van der Waals surface area contributed by atoms with Gasteiger partial charge in [-0.25, -0.2) is 19.2 Å². The maximum Gasteiger partial charge on any atom is 0.335 e. The summed E-state index contributed by atoms with van der Waals surface area (Å²) in [5.74, 6) is -0.362. The van der Waals surface area contributed by atoms with E-state index in [1.165, 1.54) is 18.2 Å². The van der Waals surface area contributed by atoms with Gasteiger partial charge in [0.1, 0.15) is 25.0 Å². The van der Waals surface area contributed by atoms with Gasteiger partial charge in [0.15, 0.2) is 0 Å². The van der Waals surface area contributed by atoms with Crippen molar-refractivity contribution in [3.8, 4) is 5.88 Å². The van der Waals surface area contributed by atoms with Gasteiger partial charge < -0.3 is 19.5 Å². The van der Waals surface area contributed by atoms with Crippen LogP contribution in [0.15, 0.2) is 60.7 Å². The van der Waals surface area contributed by atoms with Gasteiger partial charge in [0.05, 0.1) is 28.8 Å². The van der Waals surface area contributed by atoms with Crippen LogP contribution >= 0.6 is 11.6 Å². The summed E-state index contributed by atoms with van der Waals surface area (Å²) in [5, 5.41) is 19.5. The summed E-state index contributed by atoms with van der Waals surface area (Å²) in [4.78, 5) is 22.7. The van der Waals surface area contributed by atoms with Crippen molar-refractivity contribution in [3.05, 3.63) is 94.2 Å². The second kappa shape index (κ2) is 10.7. The quantitative estimate of drug-likeness (QED) is 0.345. The Morgan fingerprint density at radius 2 is 2.00 bits per heavy atom. The first-order valence-electron chi connectivity index (χ1n) is 11.7. The number of ether oxygens (including phenoxy) is 1. The molecule has 0 radical (unpaired) electrons. The second-order valence-corrected chi connectivity index (χ2v) is 9.14. The fourth-order valence-corrected chi connectivity index (χ4v) is 4.50. The largest absolute Gasteiger partial charge is 0.478 e. The molecule has 0 fully saturated rings. The highest BCUT2D eigenvalue weighted by molar-refractivity contribution is 6.30. The molecular weight excluding hydrogens is 499 g/mol. The molecule has 0 aliphatic carbocycles. The topological polar surface area (TPSA) is 101 Å². The Bertz CT molecular complexity index is 1500. The lowest BCUT2D eigenvalue weighted by atomic mass is 10.0. The zero-order valence-electron chi connectivity index (χ0n) is 19.8. The Morgan fingerprint density at radius 3 is 2.73 bits per heavy atom. The van der Waals surface area contributed by atoms with Gasteiger partial charge in [-0.1, -0.05) is 29.8 Å². The molecule has 2 N–H and O–H groups in total. The summed E-state index contributed by atoms with van der Waals surface area (Å²) in [5.41, 5.74) is 3.67. The third kappa shape index (κ3) is 5.48. The van der Waals surface area contributed by atoms with Crippen LogP contribution in [0.2, 0.25) is 5.02 Å². The highest BCUT2D eigenvalue weighted by Gasteiger charge is 2.19. The van der Waals surface area contributed by atoms with E-state index in [1.807, 2.05) is 12.1 Å². The van der Waals surface area contributed by atoms with Gasteiger partial charge in [0.25, 0.3) is 0 Å². The number of carboxylic acid groups (broad SMARTS) is 1. The number of carbonyl (C=O) groups is 1. The summed E-state index contributed by atoms with van der Waals surface area (Å²) < 4.78 is 21.4. The average molecular weight is 523 g/mol. The summed E-state index contributed by atoms with van der Waals surface area (Å²) in [6.45, 7) is 1.72. The van der Waals surface area contributed by atoms with E-state index in [-0.39, 0.29) is 18.9 Å². The molecule has 0 unspecified atom stereocenters. The molecule has 0 saturated carbocycles. The van der Waals surface area contributed by atoms with Gasteiger partial charge in [-0.2, -0.15) is 0 Å². The van der Waals surface area contributed by atoms with Crippen LogP contribution in [-0.2, 0) is 19.9 Å². The van der Waals surface area contributed by atoms with Gasteiger partial charge in [-0.3, -0.25) is 4.90 Å². The van der Waals surface area contributed by atoms with Gasteiger partial charge in [0.2, 0.25) is 5.88 Å². The lowest BCUT2D eigenvalue weighted by Crippen LogP contribution is -2.29. The molecule has 2 aromatic carbocycles. The molecule has 3 heterocycles. The molecule has 1 aliphatic rings. The molecule has 4 aromatic rings. The van der Waals surface area contributed by atoms with Crippen molar-refractivity contribution in [2.45, 2.75) is 26.3 Å². The first kappa shape index (κ1) is 24.9. The lowest BCUT2D eigenvalue weighted by molar-refractivity contribution is 0.0697. The minimum atomic E-state index is -1.02. The van der Waals surface area contributed by atoms with Crippen molar-refractivity contribution in [2.75, 3.05) is 13.1 Å². The van der Waals surface area contributed by atoms with Crippen molar-refractivity contribution in [2.24, 2.45) is 0 Å². The number of carboxylic acids is 1. The molecule has 8 nitrogen and oxygen atoms in total. The van der Waals surface area contributed by atoms with Crippen LogP contribution < -0.4 is 4.74 Å². The minimum absolute atomic E-state index is 0.0477. The monoisotopic (exact) mass is 522 g/mol. The Balaban J connectivity index is 1.26. The Labute approximate surface area is 217 Å². The SMILES string of the molecule is O=C(O)c1ccc2c(c1)nc(CN1CC=C(c3cccc(OCc4ccc(Cl)cc4F)n3)CC1)n2CO. The first-order chi connectivity index (χ1) is 17.9. The second-order valence-electron chi connectivity index (χ2n) is 8.71. The maximum atomic E-state index is 14.0. The number of halogens is 2. The van der Waals surface area contributed by atoms with Crippen molar-refractivity contribution in [1.82, 2.24) is 19.4 Å². The van der Waals surface area contributed by atoms with Crippen LogP contribution in [0.4, 0.5) is 4.39 Å². The van der Waals surface area contributed by atoms with Gasteiger partial charge in [-0.05, 0) is 48.4 Å². The Kier molecular flexibility index (Phi) is 7.18. The summed E-state index contributed by atoms with van der Waals surface area (Å²) in [7, 11) is 0. The predicted octanol–water partition coefficient (Wildman–Crippen LogP) is 4.74. The highest BCUT2D eigenvalue weighted by atomic mass is 35.5. The Morgan fingerprint density at radius 1 is 1.14 bits per heavy atom. The molecule has 0 spiro atoms. The van der Waals surface area contributed by atoms with Crippen LogP contribution in [0.1, 0.15) is 33.9 Å². The number of aromatic carboxylic acids is 1. The average Bonchev–Trinajstić information content (AvgIpc) is 3.24. The maximum absolute atomic E-state index is 14.0. The lowest BCUT2D eigenvalue weighted by Gasteiger charge is -2.26. The fraction of sp³-hybridized carbons (Fsp3) is 0.222. The number of rotatable bonds is 8. The number of hydrogen-bond donors (Lipinski definition) is 2. The summed E-state index contributed by atoms with van der Waals surface area (Å²) in [6.07, 6.45) is 2.85. The fourth-order valence-electron chi connectivity index (χ4n) is 4.34. The zero-order valence-corrected chi connectivity index (χ0v) is 20.5. The number of aliphatic hydroxyl groups is 1. The molecule has 190 valence electrons. The van der Waals surface area contributed by atoms with E-state index in [0.717, 1.165) is 24.2 Å². The molecule has 0 amide bonds. The number of imidazole rings is 1. The predicted molar refractivity (Wildman–Crippen MR) is 137 cm³/mol. The van der Waals surface area contributed by atoms with Crippen LogP contribution in [-0.4, -0.2) is 48.7 Å². The molecule has 5 rings (SSSR count). The smallest absolute Gasteiger partial charge is 0.335 e. The number of aromatic nitrogens is 3. The minimum Gasteiger partial charge on any atom is -0.478 e. The van der Waals surface area contributed by atoms with Gasteiger partial charge >= 0.3 is 5.97 Å². The molecule has 10 heteroatoms. The van der Waals surface area contributed by atoms with Crippen molar-refractivity contribution in [1.29, 1.82) is 0 Å². The molecule has 0 saturated heterocycles. The van der Waals surface area contributed by atoms with E-state index >= 15 is 0 Å². The van der Waals surface area contributed by atoms with E-state index < -0.39 is 11.8 Å². The third-order valence-electron chi connectivity index (χ3n) is 6.32. The van der Waals surface area contributed by atoms with Crippen LogP contribution in [0, 0.1) is 5.82 Å². The summed E-state index contributed by atoms with van der Waals surface area (Å²) in [6, 6.07) is 14.7. The van der Waals surface area contributed by atoms with Gasteiger partial charge in [0, 0.05) is 29.7 Å². The van der Waals surface area contributed by atoms with Gasteiger partial charge in [-0.15, -0.1) is 0 Å². The number of hydrogen-bond acceptors (Lipinski definition) is 6. The number of nitrogens with zero attached hydrogens (tertiary/aromatic N) is 4. The highest BCUT2D eigenvalue weighted by Crippen LogP contribution is 2.25. The standard InChI is InChI=1S/C27H24ClFN4O4/c28-20-6-4-19(21(29)13-20)15-37-26-3-1-2-22(31-26)17-8-10-32(11-9-17)14-25-30-23-12-18(27(35)36)5-7-24(23)33(25)16-34/h1-8,12-13,34H,9-11,14-16H2,(H,35,36). The van der Waals surface area contributed by atoms with E-state index in [4.69, 9.17) is 16.3 Å². The number of aliphatic hydroxyl groups excluding tert-OH is 1. The van der Waals surface area contributed by atoms with Crippen molar-refractivity contribution in [3.63, 3.8) is 0 Å². The normalized spacial score (nSPS) is 14.1. The number of pyridine rings is 1. The molecule has 2 aromatic heterocycles. The van der Waals surface area contributed by atoms with E-state index in [1.54, 1.807) is 28.8 Å². The molecule has 0 bridgehead atoms. The van der Waals surface area contributed by atoms with E-state index in [0.29, 0.717) is 46.4 Å². The molecular formula is C27H24ClFN4O4. The van der Waals surface area contributed by atoms with Crippen LogP contribution in [0.25, 0.3) is 16.6 Å². The Hall–Kier alpha value is -3.79. The summed E-state index contributed by atoms with van der Waals surface area (Å²) >= 11 is 5.81. The van der Waals surface area contributed by atoms with Crippen LogP contribution in [0.3, 0.4) is 0 Å². The molecule has 37 heavy (non-hydrogen) atoms. The number of benzene rings is 2.